The molecule has 0 unspecified atom stereocenters. The summed E-state index contributed by atoms with van der Waals surface area (Å²) >= 11 is 1.36. The van der Waals surface area contributed by atoms with E-state index in [-0.39, 0.29) is 24.8 Å². The fourth-order valence-corrected chi connectivity index (χ4v) is 4.29. The summed E-state index contributed by atoms with van der Waals surface area (Å²) in [6.45, 7) is 12.1. The van der Waals surface area contributed by atoms with Crippen molar-refractivity contribution in [2.24, 2.45) is 11.8 Å². The molecule has 0 N–H and O–H groups in total. The van der Waals surface area contributed by atoms with E-state index in [4.69, 9.17) is 0 Å². The van der Waals surface area contributed by atoms with Crippen molar-refractivity contribution in [2.45, 2.75) is 40.5 Å². The van der Waals surface area contributed by atoms with E-state index in [0.29, 0.717) is 0 Å². The summed E-state index contributed by atoms with van der Waals surface area (Å²) in [5, 5.41) is 5.49. The van der Waals surface area contributed by atoms with Crippen LogP contribution in [0, 0.1) is 24.0 Å². The van der Waals surface area contributed by atoms with Crippen LogP contribution >= 0.6 is 24.8 Å². The Morgan fingerprint density at radius 2 is 0.881 bits per heavy atom. The van der Waals surface area contributed by atoms with Gasteiger partial charge in [0.2, 0.25) is 0 Å². The van der Waals surface area contributed by atoms with Gasteiger partial charge in [0.1, 0.15) is 0 Å². The number of fused-ring (bicyclic) bond motifs is 2. The summed E-state index contributed by atoms with van der Waals surface area (Å²) in [4.78, 5) is 0. The molecule has 0 saturated heterocycles. The van der Waals surface area contributed by atoms with Crippen LogP contribution in [0.2, 0.25) is 0 Å². The molecule has 0 aromatic heterocycles. The average Bonchev–Trinajstić information content (AvgIpc) is 3.59. The third kappa shape index (κ3) is 16.4. The van der Waals surface area contributed by atoms with Crippen molar-refractivity contribution in [3.05, 3.63) is 157 Å². The van der Waals surface area contributed by atoms with Crippen LogP contribution in [0.5, 0.6) is 0 Å². The monoisotopic (exact) mass is 686 g/mol. The van der Waals surface area contributed by atoms with Crippen molar-refractivity contribution in [3.8, 4) is 0 Å². The molecule has 0 saturated carbocycles. The van der Waals surface area contributed by atoms with Gasteiger partial charge in [0.25, 0.3) is 0 Å². The molecule has 0 fully saturated rings. The van der Waals surface area contributed by atoms with Crippen LogP contribution in [0.15, 0.2) is 133 Å². The second-order valence-electron chi connectivity index (χ2n) is 10.3. The van der Waals surface area contributed by atoms with Gasteiger partial charge in [-0.05, 0) is 24.7 Å². The molecular formula is C38H42Cl2SiZr-4. The molecule has 6 aromatic rings. The zero-order valence-electron chi connectivity index (χ0n) is 25.1. The van der Waals surface area contributed by atoms with Gasteiger partial charge in [0.05, 0.1) is 0 Å². The SMILES string of the molecule is CC(C)Cc1cc2ccccc2[cH-]1.CC(C)Cc1cc2ccccc2[cH-]1.Cl.Cl.[Si]=[Zr].[c-]1ccccc1.[c-]1ccccc1. The molecule has 6 aromatic carbocycles. The van der Waals surface area contributed by atoms with Crippen molar-refractivity contribution in [1.29, 1.82) is 0 Å². The predicted octanol–water partition coefficient (Wildman–Crippen LogP) is 10.9. The van der Waals surface area contributed by atoms with E-state index < -0.39 is 0 Å². The molecular weight excluding hydrogens is 647 g/mol. The van der Waals surface area contributed by atoms with Crippen LogP contribution < -0.4 is 0 Å². The number of halogens is 2. The fraction of sp³-hybridized carbons (Fsp3) is 0.211. The van der Waals surface area contributed by atoms with Gasteiger partial charge in [-0.2, -0.15) is 84.9 Å². The Morgan fingerprint density at radius 1 is 0.548 bits per heavy atom. The van der Waals surface area contributed by atoms with Gasteiger partial charge in [-0.1, -0.05) is 39.8 Å². The van der Waals surface area contributed by atoms with Crippen LogP contribution in [0.25, 0.3) is 21.5 Å². The molecule has 0 aliphatic heterocycles. The van der Waals surface area contributed by atoms with E-state index in [1.165, 1.54) is 68.8 Å². The summed E-state index contributed by atoms with van der Waals surface area (Å²) in [7, 11) is 0. The first-order chi connectivity index (χ1) is 19.5. The molecule has 42 heavy (non-hydrogen) atoms. The molecule has 0 amide bonds. The minimum absolute atomic E-state index is 0. The molecule has 0 nitrogen and oxygen atoms in total. The van der Waals surface area contributed by atoms with Crippen molar-refractivity contribution in [3.63, 3.8) is 0 Å². The molecule has 6 rings (SSSR count). The van der Waals surface area contributed by atoms with Gasteiger partial charge in [-0.3, -0.25) is 0 Å². The fourth-order valence-electron chi connectivity index (χ4n) is 4.29. The molecule has 220 valence electrons. The van der Waals surface area contributed by atoms with Gasteiger partial charge in [0.15, 0.2) is 0 Å². The van der Waals surface area contributed by atoms with E-state index in [2.05, 4.69) is 120 Å². The Balaban J connectivity index is 0.000000543. The van der Waals surface area contributed by atoms with Crippen LogP contribution in [-0.4, -0.2) is 6.88 Å². The average molecular weight is 689 g/mol. The van der Waals surface area contributed by atoms with E-state index in [1.807, 2.05) is 60.7 Å². The molecule has 0 aliphatic carbocycles. The van der Waals surface area contributed by atoms with Crippen LogP contribution in [0.3, 0.4) is 0 Å². The summed E-state index contributed by atoms with van der Waals surface area (Å²) < 4.78 is 0. The first-order valence-electron chi connectivity index (χ1n) is 13.9. The smallest absolute Gasteiger partial charge is 0.171 e. The largest absolute Gasteiger partial charge is 0.184 e. The van der Waals surface area contributed by atoms with Crippen molar-refractivity contribution in [1.82, 2.24) is 0 Å². The summed E-state index contributed by atoms with van der Waals surface area (Å²) in [5.41, 5.74) is 2.94. The zero-order chi connectivity index (χ0) is 29.0. The second-order valence-corrected chi connectivity index (χ2v) is 10.3. The Morgan fingerprint density at radius 3 is 1.12 bits per heavy atom. The van der Waals surface area contributed by atoms with Crippen LogP contribution in [-0.2, 0) is 36.2 Å². The molecule has 0 heterocycles. The summed E-state index contributed by atoms with van der Waals surface area (Å²) in [5.74, 6) is 1.49. The van der Waals surface area contributed by atoms with Gasteiger partial charge < -0.3 is 0 Å². The van der Waals surface area contributed by atoms with E-state index >= 15 is 0 Å². The van der Waals surface area contributed by atoms with Crippen LogP contribution in [0.1, 0.15) is 38.8 Å². The molecule has 4 heteroatoms. The van der Waals surface area contributed by atoms with Crippen molar-refractivity contribution < 1.29 is 23.3 Å². The van der Waals surface area contributed by atoms with Gasteiger partial charge in [-0.15, -0.1) is 106 Å². The molecule has 0 aliphatic rings. The minimum atomic E-state index is 0. The normalized spacial score (nSPS) is 9.36. The van der Waals surface area contributed by atoms with E-state index in [1.54, 1.807) is 0 Å². The number of rotatable bonds is 4. The Hall–Kier alpha value is -2.22. The van der Waals surface area contributed by atoms with Gasteiger partial charge >= 0.3 is 30.2 Å². The Bertz CT molecular complexity index is 1210. The van der Waals surface area contributed by atoms with Crippen LogP contribution in [0.4, 0.5) is 0 Å². The first-order valence-corrected chi connectivity index (χ1v) is 18.1. The maximum absolute atomic E-state index is 3.06. The van der Waals surface area contributed by atoms with Gasteiger partial charge in [-0.25, -0.2) is 0 Å². The maximum atomic E-state index is 3.06. The standard InChI is InChI=1S/2C13H15.2C6H5.2ClH.Si.Zr/c2*1-10(2)7-11-8-12-5-3-4-6-13(12)9-11;2*1-2-4-6-5-3-1;;;;/h2*3-6,8-10H,7H2,1-2H3;2*1-5H;2*1H;;/q4*-1;;;;. The maximum Gasteiger partial charge on any atom is -0.171 e. The van der Waals surface area contributed by atoms with Gasteiger partial charge in [0, 0.05) is 0 Å². The van der Waals surface area contributed by atoms with E-state index in [0.717, 1.165) is 11.8 Å². The zero-order valence-corrected chi connectivity index (χ0v) is 30.2. The second kappa shape index (κ2) is 24.2. The topological polar surface area (TPSA) is 0 Å². The third-order valence-corrected chi connectivity index (χ3v) is 5.86. The van der Waals surface area contributed by atoms with Crippen molar-refractivity contribution in [2.75, 3.05) is 0 Å². The number of hydrogen-bond acceptors (Lipinski definition) is 0. The minimum Gasteiger partial charge on any atom is -0.184 e. The molecule has 0 spiro atoms. The number of hydrogen-bond donors (Lipinski definition) is 0. The summed E-state index contributed by atoms with van der Waals surface area (Å²) in [6.07, 6.45) is 2.38. The molecule has 0 bridgehead atoms. The molecule has 0 atom stereocenters. The Labute approximate surface area is 283 Å². The predicted molar refractivity (Wildman–Crippen MR) is 187 cm³/mol. The van der Waals surface area contributed by atoms with E-state index in [9.17, 15) is 0 Å². The van der Waals surface area contributed by atoms with Crippen molar-refractivity contribution >= 4 is 53.2 Å². The quantitative estimate of drug-likeness (QED) is 0.128. The first kappa shape index (κ1) is 39.8. The molecule has 2 radical (unpaired) electrons. The summed E-state index contributed by atoms with van der Waals surface area (Å²) in [6, 6.07) is 51.3. The third-order valence-electron chi connectivity index (χ3n) is 5.86. The Kier molecular flexibility index (Phi) is 23.0. The number of benzene rings is 4.